The lowest BCUT2D eigenvalue weighted by Crippen LogP contribution is -2.13. The number of carbonyl (C=O) groups excluding carboxylic acids is 1. The van der Waals surface area contributed by atoms with Gasteiger partial charge in [0.15, 0.2) is 0 Å². The van der Waals surface area contributed by atoms with Crippen molar-refractivity contribution < 1.29 is 4.79 Å². The maximum Gasteiger partial charge on any atom is 0.255 e. The zero-order valence-electron chi connectivity index (χ0n) is 13.9. The highest BCUT2D eigenvalue weighted by atomic mass is 16.1. The number of fused-ring (bicyclic) bond motifs is 1. The molecule has 1 amide bonds. The van der Waals surface area contributed by atoms with Crippen LogP contribution in [0.4, 0.5) is 5.69 Å². The highest BCUT2D eigenvalue weighted by molar-refractivity contribution is 6.05. The molecule has 0 radical (unpaired) electrons. The monoisotopic (exact) mass is 307 g/mol. The molecular formula is C19H21N3O. The van der Waals surface area contributed by atoms with Gasteiger partial charge in [0, 0.05) is 11.3 Å². The first-order valence-corrected chi connectivity index (χ1v) is 7.71. The average Bonchev–Trinajstić information content (AvgIpc) is 2.85. The van der Waals surface area contributed by atoms with E-state index in [1.807, 2.05) is 31.2 Å². The van der Waals surface area contributed by atoms with E-state index in [1.165, 1.54) is 5.56 Å². The van der Waals surface area contributed by atoms with Crippen LogP contribution in [0.5, 0.6) is 0 Å². The van der Waals surface area contributed by atoms with Crippen molar-refractivity contribution in [2.75, 3.05) is 5.32 Å². The van der Waals surface area contributed by atoms with Crippen LogP contribution in [-0.2, 0) is 5.41 Å². The van der Waals surface area contributed by atoms with Gasteiger partial charge in [-0.1, -0.05) is 32.9 Å². The van der Waals surface area contributed by atoms with Gasteiger partial charge >= 0.3 is 0 Å². The maximum atomic E-state index is 12.4. The van der Waals surface area contributed by atoms with Crippen molar-refractivity contribution in [3.8, 4) is 0 Å². The van der Waals surface area contributed by atoms with Crippen molar-refractivity contribution >= 4 is 22.6 Å². The molecule has 4 nitrogen and oxygen atoms in total. The van der Waals surface area contributed by atoms with Crippen molar-refractivity contribution in [2.24, 2.45) is 0 Å². The largest absolute Gasteiger partial charge is 0.342 e. The Balaban J connectivity index is 1.79. The van der Waals surface area contributed by atoms with Gasteiger partial charge in [0.2, 0.25) is 0 Å². The Morgan fingerprint density at radius 1 is 1.09 bits per heavy atom. The fourth-order valence-electron chi connectivity index (χ4n) is 2.54. The number of nitrogens with one attached hydrogen (secondary N) is 2. The van der Waals surface area contributed by atoms with Crippen LogP contribution >= 0.6 is 0 Å². The molecule has 23 heavy (non-hydrogen) atoms. The van der Waals surface area contributed by atoms with E-state index >= 15 is 0 Å². The van der Waals surface area contributed by atoms with Gasteiger partial charge in [0.05, 0.1) is 11.0 Å². The number of anilines is 1. The van der Waals surface area contributed by atoms with Crippen molar-refractivity contribution in [1.29, 1.82) is 0 Å². The van der Waals surface area contributed by atoms with Gasteiger partial charge in [-0.05, 0) is 48.2 Å². The first-order valence-electron chi connectivity index (χ1n) is 7.71. The van der Waals surface area contributed by atoms with Crippen molar-refractivity contribution in [1.82, 2.24) is 9.97 Å². The van der Waals surface area contributed by atoms with Crippen LogP contribution in [0.15, 0.2) is 42.5 Å². The molecule has 0 aliphatic carbocycles. The number of nitrogens with zero attached hydrogens (tertiary/aromatic N) is 1. The zero-order valence-corrected chi connectivity index (χ0v) is 13.9. The molecule has 0 unspecified atom stereocenters. The number of aromatic nitrogens is 2. The number of carbonyl (C=O) groups is 1. The maximum absolute atomic E-state index is 12.4. The summed E-state index contributed by atoms with van der Waals surface area (Å²) in [5.74, 6) is 0.720. The fraction of sp³-hybridized carbons (Fsp3) is 0.263. The highest BCUT2D eigenvalue weighted by Gasteiger charge is 2.13. The number of H-pyrrole nitrogens is 1. The van der Waals surface area contributed by atoms with E-state index in [0.717, 1.165) is 22.5 Å². The van der Waals surface area contributed by atoms with E-state index in [0.29, 0.717) is 5.56 Å². The molecule has 0 atom stereocenters. The highest BCUT2D eigenvalue weighted by Crippen LogP contribution is 2.23. The third kappa shape index (κ3) is 3.26. The molecule has 0 aliphatic heterocycles. The third-order valence-corrected chi connectivity index (χ3v) is 3.87. The van der Waals surface area contributed by atoms with E-state index in [2.05, 4.69) is 48.2 Å². The van der Waals surface area contributed by atoms with E-state index in [4.69, 9.17) is 0 Å². The molecule has 3 aromatic rings. The number of amides is 1. The van der Waals surface area contributed by atoms with E-state index in [-0.39, 0.29) is 11.3 Å². The molecule has 2 aromatic carbocycles. The molecule has 0 saturated heterocycles. The predicted octanol–water partition coefficient (Wildman–Crippen LogP) is 4.42. The van der Waals surface area contributed by atoms with Gasteiger partial charge in [0.1, 0.15) is 5.82 Å². The number of aryl methyl sites for hydroxylation is 1. The summed E-state index contributed by atoms with van der Waals surface area (Å²) in [5, 5.41) is 2.94. The minimum absolute atomic E-state index is 0.103. The molecule has 0 saturated carbocycles. The second kappa shape index (κ2) is 5.54. The van der Waals surface area contributed by atoms with Gasteiger partial charge in [-0.3, -0.25) is 4.79 Å². The molecule has 0 fully saturated rings. The van der Waals surface area contributed by atoms with Crippen LogP contribution < -0.4 is 5.32 Å². The molecule has 2 N–H and O–H groups in total. The number of benzene rings is 2. The minimum atomic E-state index is -0.123. The van der Waals surface area contributed by atoms with Gasteiger partial charge in [-0.15, -0.1) is 0 Å². The standard InChI is InChI=1S/C19H21N3O/c1-12-20-16-10-5-13(11-17(16)21-12)18(23)22-15-8-6-14(7-9-15)19(2,3)4/h5-11H,1-4H3,(H,20,21)(H,22,23). The predicted molar refractivity (Wildman–Crippen MR) is 93.9 cm³/mol. The first kappa shape index (κ1) is 15.3. The lowest BCUT2D eigenvalue weighted by Gasteiger charge is -2.19. The van der Waals surface area contributed by atoms with Crippen LogP contribution in [0.1, 0.15) is 42.5 Å². The summed E-state index contributed by atoms with van der Waals surface area (Å²) >= 11 is 0. The summed E-state index contributed by atoms with van der Waals surface area (Å²) in [6.07, 6.45) is 0. The normalized spacial score (nSPS) is 11.7. The molecule has 1 aromatic heterocycles. The lowest BCUT2D eigenvalue weighted by atomic mass is 9.87. The first-order chi connectivity index (χ1) is 10.8. The SMILES string of the molecule is Cc1nc2ccc(C(=O)Nc3ccc(C(C)(C)C)cc3)cc2[nH]1. The summed E-state index contributed by atoms with van der Waals surface area (Å²) < 4.78 is 0. The molecule has 0 bridgehead atoms. The number of rotatable bonds is 2. The number of aromatic amines is 1. The molecule has 4 heteroatoms. The van der Waals surface area contributed by atoms with Crippen LogP contribution in [0.25, 0.3) is 11.0 Å². The molecular weight excluding hydrogens is 286 g/mol. The van der Waals surface area contributed by atoms with E-state index < -0.39 is 0 Å². The Morgan fingerprint density at radius 3 is 2.43 bits per heavy atom. The minimum Gasteiger partial charge on any atom is -0.342 e. The number of hydrogen-bond acceptors (Lipinski definition) is 2. The second-order valence-electron chi connectivity index (χ2n) is 6.84. The summed E-state index contributed by atoms with van der Waals surface area (Å²) in [6, 6.07) is 13.5. The van der Waals surface area contributed by atoms with Gasteiger partial charge < -0.3 is 10.3 Å². The smallest absolute Gasteiger partial charge is 0.255 e. The Hall–Kier alpha value is -2.62. The van der Waals surface area contributed by atoms with Crippen molar-refractivity contribution in [3.05, 3.63) is 59.4 Å². The Bertz CT molecular complexity index is 854. The van der Waals surface area contributed by atoms with Crippen LogP contribution in [0.3, 0.4) is 0 Å². The summed E-state index contributed by atoms with van der Waals surface area (Å²) in [4.78, 5) is 19.9. The molecule has 0 spiro atoms. The summed E-state index contributed by atoms with van der Waals surface area (Å²) in [5.41, 5.74) is 4.49. The Kier molecular flexibility index (Phi) is 3.68. The zero-order chi connectivity index (χ0) is 16.6. The molecule has 0 aliphatic rings. The van der Waals surface area contributed by atoms with Crippen LogP contribution in [-0.4, -0.2) is 15.9 Å². The topological polar surface area (TPSA) is 57.8 Å². The molecule has 1 heterocycles. The quantitative estimate of drug-likeness (QED) is 0.736. The lowest BCUT2D eigenvalue weighted by molar-refractivity contribution is 0.102. The Morgan fingerprint density at radius 2 is 1.78 bits per heavy atom. The average molecular weight is 307 g/mol. The van der Waals surface area contributed by atoms with E-state index in [1.54, 1.807) is 6.07 Å². The number of imidazole rings is 1. The summed E-state index contributed by atoms with van der Waals surface area (Å²) in [6.45, 7) is 8.41. The fourth-order valence-corrected chi connectivity index (χ4v) is 2.54. The van der Waals surface area contributed by atoms with E-state index in [9.17, 15) is 4.79 Å². The van der Waals surface area contributed by atoms with Gasteiger partial charge in [-0.2, -0.15) is 0 Å². The van der Waals surface area contributed by atoms with Gasteiger partial charge in [-0.25, -0.2) is 4.98 Å². The third-order valence-electron chi connectivity index (χ3n) is 3.87. The van der Waals surface area contributed by atoms with Crippen LogP contribution in [0, 0.1) is 6.92 Å². The Labute approximate surface area is 136 Å². The number of hydrogen-bond donors (Lipinski definition) is 2. The second-order valence-corrected chi connectivity index (χ2v) is 6.84. The van der Waals surface area contributed by atoms with Crippen molar-refractivity contribution in [3.63, 3.8) is 0 Å². The van der Waals surface area contributed by atoms with Crippen molar-refractivity contribution in [2.45, 2.75) is 33.1 Å². The summed E-state index contributed by atoms with van der Waals surface area (Å²) in [7, 11) is 0. The van der Waals surface area contributed by atoms with Crippen LogP contribution in [0.2, 0.25) is 0 Å². The molecule has 118 valence electrons. The van der Waals surface area contributed by atoms with Gasteiger partial charge in [0.25, 0.3) is 5.91 Å². The molecule has 3 rings (SSSR count).